The predicted octanol–water partition coefficient (Wildman–Crippen LogP) is 5.89. The van der Waals surface area contributed by atoms with Gasteiger partial charge in [0.1, 0.15) is 5.56 Å². The van der Waals surface area contributed by atoms with Gasteiger partial charge in [0, 0.05) is 47.3 Å². The van der Waals surface area contributed by atoms with Crippen molar-refractivity contribution in [2.45, 2.75) is 29.6 Å². The summed E-state index contributed by atoms with van der Waals surface area (Å²) in [7, 11) is 0. The van der Waals surface area contributed by atoms with Crippen molar-refractivity contribution in [3.05, 3.63) is 46.4 Å². The number of piperazine rings is 1. The minimum atomic E-state index is -4.55. The molecule has 0 radical (unpaired) electrons. The van der Waals surface area contributed by atoms with Crippen LogP contribution in [-0.4, -0.2) is 41.4 Å². The summed E-state index contributed by atoms with van der Waals surface area (Å²) in [4.78, 5) is 11.8. The van der Waals surface area contributed by atoms with Gasteiger partial charge in [0.05, 0.1) is 21.3 Å². The van der Waals surface area contributed by atoms with Crippen molar-refractivity contribution in [2.75, 3.05) is 29.6 Å². The molecule has 0 amide bonds. The number of fused-ring (bicyclic) bond motifs is 2. The molecule has 4 heterocycles. The Kier molecular flexibility index (Phi) is 5.73. The Hall–Kier alpha value is -2.01. The molecule has 32 heavy (non-hydrogen) atoms. The fourth-order valence-electron chi connectivity index (χ4n) is 4.17. The Morgan fingerprint density at radius 3 is 2.78 bits per heavy atom. The zero-order valence-corrected chi connectivity index (χ0v) is 19.3. The number of aromatic nitrogens is 2. The van der Waals surface area contributed by atoms with Crippen LogP contribution in [0.15, 0.2) is 40.7 Å². The third-order valence-corrected chi connectivity index (χ3v) is 7.83. The number of anilines is 3. The van der Waals surface area contributed by atoms with E-state index in [0.717, 1.165) is 36.3 Å². The number of nitrogens with zero attached hydrogens (tertiary/aromatic N) is 3. The van der Waals surface area contributed by atoms with Crippen LogP contribution < -0.4 is 15.5 Å². The maximum absolute atomic E-state index is 13.6. The van der Waals surface area contributed by atoms with Crippen LogP contribution in [0.4, 0.5) is 30.5 Å². The highest BCUT2D eigenvalue weighted by atomic mass is 35.5. The minimum absolute atomic E-state index is 0.0613. The highest BCUT2D eigenvalue weighted by Gasteiger charge is 2.38. The van der Waals surface area contributed by atoms with Gasteiger partial charge in [0.25, 0.3) is 0 Å². The van der Waals surface area contributed by atoms with Crippen LogP contribution >= 0.6 is 34.7 Å². The molecule has 0 spiro atoms. The summed E-state index contributed by atoms with van der Waals surface area (Å²) >= 11 is 9.19. The molecular formula is C21H19ClF3N5S2. The number of hydrogen-bond acceptors (Lipinski definition) is 7. The molecule has 2 fully saturated rings. The molecule has 168 valence electrons. The molecule has 0 saturated carbocycles. The molecule has 0 unspecified atom stereocenters. The van der Waals surface area contributed by atoms with Gasteiger partial charge >= 0.3 is 6.18 Å². The molecule has 0 aliphatic carbocycles. The molecule has 3 aromatic rings. The normalized spacial score (nSPS) is 20.2. The number of thiophene rings is 1. The topological polar surface area (TPSA) is 53.1 Å². The number of alkyl halides is 3. The first kappa shape index (κ1) is 21.8. The van der Waals surface area contributed by atoms with Crippen LogP contribution in [0.2, 0.25) is 5.02 Å². The quantitative estimate of drug-likeness (QED) is 0.428. The zero-order chi connectivity index (χ0) is 22.5. The number of halogens is 4. The Morgan fingerprint density at radius 1 is 1.31 bits per heavy atom. The predicted molar refractivity (Wildman–Crippen MR) is 124 cm³/mol. The molecule has 2 aromatic heterocycles. The summed E-state index contributed by atoms with van der Waals surface area (Å²) < 4.78 is 40.7. The largest absolute Gasteiger partial charge is 0.420 e. The van der Waals surface area contributed by atoms with E-state index in [1.807, 2.05) is 29.8 Å². The van der Waals surface area contributed by atoms with Crippen molar-refractivity contribution < 1.29 is 13.2 Å². The summed E-state index contributed by atoms with van der Waals surface area (Å²) in [5, 5.41) is 8.72. The monoisotopic (exact) mass is 497 g/mol. The number of benzene rings is 1. The van der Waals surface area contributed by atoms with E-state index >= 15 is 0 Å². The van der Waals surface area contributed by atoms with Crippen LogP contribution in [0.3, 0.4) is 0 Å². The lowest BCUT2D eigenvalue weighted by Crippen LogP contribution is -2.43. The molecule has 1 aromatic carbocycles. The molecule has 5 nitrogen and oxygen atoms in total. The van der Waals surface area contributed by atoms with Gasteiger partial charge in [-0.3, -0.25) is 0 Å². The smallest absolute Gasteiger partial charge is 0.366 e. The maximum Gasteiger partial charge on any atom is 0.420 e. The Morgan fingerprint density at radius 2 is 2.16 bits per heavy atom. The molecule has 2 atom stereocenters. The molecule has 2 saturated heterocycles. The van der Waals surface area contributed by atoms with Crippen LogP contribution in [-0.2, 0) is 6.18 Å². The standard InChI is InChI=1S/C21H19ClF3N5S2/c1-31-14-6-18(32-10-14)19-15(21(23,24)25)8-27-20(29-19)28-17-3-2-12(5-16(17)22)30-9-11-4-13(30)7-26-11/h2-3,5-6,8,10-11,13,26H,4,7,9H2,1H3,(H,27,28,29)/t11-,13-/m1/s1. The molecule has 5 rings (SSSR count). The Bertz CT molecular complexity index is 1150. The van der Waals surface area contributed by atoms with E-state index in [-0.39, 0.29) is 11.6 Å². The van der Waals surface area contributed by atoms with Gasteiger partial charge in [-0.15, -0.1) is 23.1 Å². The van der Waals surface area contributed by atoms with E-state index in [1.165, 1.54) is 23.1 Å². The van der Waals surface area contributed by atoms with Gasteiger partial charge in [-0.1, -0.05) is 11.6 Å². The van der Waals surface area contributed by atoms with Gasteiger partial charge in [0.15, 0.2) is 0 Å². The molecule has 2 aliphatic heterocycles. The first-order valence-corrected chi connectivity index (χ1v) is 12.4. The molecule has 2 aliphatic rings. The van der Waals surface area contributed by atoms with Crippen molar-refractivity contribution >= 4 is 52.0 Å². The highest BCUT2D eigenvalue weighted by molar-refractivity contribution is 7.98. The van der Waals surface area contributed by atoms with Gasteiger partial charge in [0.2, 0.25) is 5.95 Å². The Labute approximate surface area is 196 Å². The summed E-state index contributed by atoms with van der Waals surface area (Å²) in [6.45, 7) is 1.91. The van der Waals surface area contributed by atoms with E-state index < -0.39 is 11.7 Å². The van der Waals surface area contributed by atoms with Crippen molar-refractivity contribution in [1.29, 1.82) is 0 Å². The minimum Gasteiger partial charge on any atom is -0.366 e. The number of rotatable bonds is 5. The zero-order valence-electron chi connectivity index (χ0n) is 16.9. The first-order valence-electron chi connectivity index (χ1n) is 9.95. The highest BCUT2D eigenvalue weighted by Crippen LogP contribution is 2.40. The van der Waals surface area contributed by atoms with Gasteiger partial charge < -0.3 is 15.5 Å². The van der Waals surface area contributed by atoms with E-state index in [0.29, 0.717) is 27.7 Å². The lowest BCUT2D eigenvalue weighted by atomic mass is 10.2. The molecule has 2 bridgehead atoms. The number of thioether (sulfide) groups is 1. The average Bonchev–Trinajstić information content (AvgIpc) is 3.51. The third-order valence-electron chi connectivity index (χ3n) is 5.73. The Balaban J connectivity index is 1.43. The fourth-order valence-corrected chi connectivity index (χ4v) is 6.00. The number of hydrogen-bond donors (Lipinski definition) is 2. The van der Waals surface area contributed by atoms with Crippen LogP contribution in [0.25, 0.3) is 10.6 Å². The fraction of sp³-hybridized carbons (Fsp3) is 0.333. The second kappa shape index (κ2) is 8.40. The summed E-state index contributed by atoms with van der Waals surface area (Å²) in [5.41, 5.74) is 0.566. The van der Waals surface area contributed by atoms with Gasteiger partial charge in [-0.05, 0) is 36.9 Å². The second-order valence-corrected chi connectivity index (χ2v) is 9.94. The van der Waals surface area contributed by atoms with E-state index in [9.17, 15) is 13.2 Å². The lowest BCUT2D eigenvalue weighted by molar-refractivity contribution is -0.137. The summed E-state index contributed by atoms with van der Waals surface area (Å²) in [5.74, 6) is 0.0613. The van der Waals surface area contributed by atoms with E-state index in [2.05, 4.69) is 25.5 Å². The molecular weight excluding hydrogens is 479 g/mol. The first-order chi connectivity index (χ1) is 15.3. The average molecular weight is 498 g/mol. The van der Waals surface area contributed by atoms with Crippen LogP contribution in [0.5, 0.6) is 0 Å². The third kappa shape index (κ3) is 4.16. The molecule has 11 heteroatoms. The maximum atomic E-state index is 13.6. The van der Waals surface area contributed by atoms with Gasteiger partial charge in [-0.25, -0.2) is 9.97 Å². The van der Waals surface area contributed by atoms with Crippen LogP contribution in [0, 0.1) is 0 Å². The molecule has 2 N–H and O–H groups in total. The van der Waals surface area contributed by atoms with Crippen molar-refractivity contribution in [3.8, 4) is 10.6 Å². The number of nitrogens with one attached hydrogen (secondary N) is 2. The van der Waals surface area contributed by atoms with E-state index in [4.69, 9.17) is 11.6 Å². The second-order valence-electron chi connectivity index (χ2n) is 7.74. The van der Waals surface area contributed by atoms with Crippen molar-refractivity contribution in [2.24, 2.45) is 0 Å². The summed E-state index contributed by atoms with van der Waals surface area (Å²) in [6.07, 6.45) is -0.736. The SMILES string of the molecule is CSc1csc(-c2nc(Nc3ccc(N4C[C@H]5C[C@@H]4CN5)cc3Cl)ncc2C(F)(F)F)c1. The van der Waals surface area contributed by atoms with Gasteiger partial charge in [-0.2, -0.15) is 13.2 Å². The van der Waals surface area contributed by atoms with Crippen molar-refractivity contribution in [3.63, 3.8) is 0 Å². The summed E-state index contributed by atoms with van der Waals surface area (Å²) in [6, 6.07) is 8.34. The van der Waals surface area contributed by atoms with E-state index in [1.54, 1.807) is 6.07 Å². The van der Waals surface area contributed by atoms with Crippen LogP contribution in [0.1, 0.15) is 12.0 Å². The lowest BCUT2D eigenvalue weighted by Gasteiger charge is -2.30. The van der Waals surface area contributed by atoms with Crippen molar-refractivity contribution in [1.82, 2.24) is 15.3 Å².